The topological polar surface area (TPSA) is 80.9 Å². The lowest BCUT2D eigenvalue weighted by atomic mass is 10.1. The van der Waals surface area contributed by atoms with Crippen LogP contribution in [0.5, 0.6) is 0 Å². The summed E-state index contributed by atoms with van der Waals surface area (Å²) in [6.45, 7) is 2.93. The molecule has 0 radical (unpaired) electrons. The molecule has 28 heavy (non-hydrogen) atoms. The highest BCUT2D eigenvalue weighted by Gasteiger charge is 1.96. The molecule has 0 rings (SSSR count). The summed E-state index contributed by atoms with van der Waals surface area (Å²) in [5.41, 5.74) is 0. The number of rotatable bonds is 21. The molecule has 0 aliphatic carbocycles. The number of unbranched alkanes of at least 4 members (excludes halogenated alkanes) is 17. The van der Waals surface area contributed by atoms with Crippen LogP contribution < -0.4 is 0 Å². The summed E-state index contributed by atoms with van der Waals surface area (Å²) < 4.78 is 0. The third-order valence-electron chi connectivity index (χ3n) is 5.13. The SMILES string of the molecule is CCCCCCCCCCCC(O)O.OCCCCCCCCCCCCO. The van der Waals surface area contributed by atoms with E-state index in [9.17, 15) is 0 Å². The van der Waals surface area contributed by atoms with Crippen LogP contribution in [0.15, 0.2) is 0 Å². The number of aliphatic hydroxyl groups excluding tert-OH is 3. The van der Waals surface area contributed by atoms with Crippen LogP contribution in [0, 0.1) is 0 Å². The highest BCUT2D eigenvalue weighted by molar-refractivity contribution is 4.48. The van der Waals surface area contributed by atoms with E-state index in [0.717, 1.165) is 25.7 Å². The van der Waals surface area contributed by atoms with E-state index in [4.69, 9.17) is 20.4 Å². The van der Waals surface area contributed by atoms with Crippen molar-refractivity contribution < 1.29 is 20.4 Å². The molecule has 0 bridgehead atoms. The maximum absolute atomic E-state index is 8.61. The molecule has 0 aliphatic heterocycles. The van der Waals surface area contributed by atoms with Crippen LogP contribution >= 0.6 is 0 Å². The van der Waals surface area contributed by atoms with Gasteiger partial charge < -0.3 is 20.4 Å². The maximum atomic E-state index is 8.61. The van der Waals surface area contributed by atoms with E-state index < -0.39 is 6.29 Å². The van der Waals surface area contributed by atoms with E-state index in [2.05, 4.69) is 6.92 Å². The molecule has 0 fully saturated rings. The quantitative estimate of drug-likeness (QED) is 0.138. The van der Waals surface area contributed by atoms with E-state index in [1.807, 2.05) is 0 Å². The molecule has 0 aromatic heterocycles. The fourth-order valence-corrected chi connectivity index (χ4v) is 3.28. The van der Waals surface area contributed by atoms with Gasteiger partial charge in [0.15, 0.2) is 6.29 Å². The molecule has 0 aromatic rings. The molecule has 0 heterocycles. The second-order valence-corrected chi connectivity index (χ2v) is 8.08. The van der Waals surface area contributed by atoms with Gasteiger partial charge in [0, 0.05) is 13.2 Å². The van der Waals surface area contributed by atoms with Gasteiger partial charge in [0.1, 0.15) is 0 Å². The second-order valence-electron chi connectivity index (χ2n) is 8.08. The van der Waals surface area contributed by atoms with Crippen LogP contribution in [-0.4, -0.2) is 39.9 Å². The van der Waals surface area contributed by atoms with Crippen molar-refractivity contribution in [2.24, 2.45) is 0 Å². The van der Waals surface area contributed by atoms with Gasteiger partial charge in [-0.3, -0.25) is 0 Å². The van der Waals surface area contributed by atoms with E-state index >= 15 is 0 Å². The first-order valence-corrected chi connectivity index (χ1v) is 12.3. The van der Waals surface area contributed by atoms with Gasteiger partial charge in [-0.1, -0.05) is 110 Å². The van der Waals surface area contributed by atoms with Crippen molar-refractivity contribution >= 4 is 0 Å². The largest absolute Gasteiger partial charge is 0.396 e. The smallest absolute Gasteiger partial charge is 0.151 e. The van der Waals surface area contributed by atoms with Gasteiger partial charge in [-0.05, 0) is 25.7 Å². The van der Waals surface area contributed by atoms with Crippen LogP contribution in [-0.2, 0) is 0 Å². The molecule has 0 amide bonds. The summed E-state index contributed by atoms with van der Waals surface area (Å²) in [6, 6.07) is 0. The molecule has 0 unspecified atom stereocenters. The van der Waals surface area contributed by atoms with Crippen LogP contribution in [0.4, 0.5) is 0 Å². The molecule has 0 atom stereocenters. The van der Waals surface area contributed by atoms with Crippen molar-refractivity contribution in [2.45, 2.75) is 142 Å². The lowest BCUT2D eigenvalue weighted by molar-refractivity contribution is -0.0466. The molecule has 0 saturated heterocycles. The third-order valence-corrected chi connectivity index (χ3v) is 5.13. The zero-order valence-corrected chi connectivity index (χ0v) is 18.9. The first-order chi connectivity index (χ1) is 13.7. The summed E-state index contributed by atoms with van der Waals surface area (Å²) in [5.74, 6) is 0. The van der Waals surface area contributed by atoms with Crippen LogP contribution in [0.1, 0.15) is 135 Å². The van der Waals surface area contributed by atoms with Crippen molar-refractivity contribution in [3.63, 3.8) is 0 Å². The van der Waals surface area contributed by atoms with Crippen LogP contribution in [0.3, 0.4) is 0 Å². The Hall–Kier alpha value is -0.160. The summed E-state index contributed by atoms with van der Waals surface area (Å²) in [7, 11) is 0. The minimum atomic E-state index is -1.10. The number of hydrogen-bond acceptors (Lipinski definition) is 4. The lowest BCUT2D eigenvalue weighted by Gasteiger charge is -2.03. The standard InChI is InChI=1S/2C12H26O2/c1-2-3-4-5-6-7-8-9-10-11-12(13)14;13-11-9-7-5-3-1-2-4-6-8-10-12-14/h12-14H,2-11H2,1H3;13-14H,1-12H2. The lowest BCUT2D eigenvalue weighted by Crippen LogP contribution is -2.02. The highest BCUT2D eigenvalue weighted by atomic mass is 16.5. The minimum Gasteiger partial charge on any atom is -0.396 e. The van der Waals surface area contributed by atoms with E-state index in [1.54, 1.807) is 0 Å². The molecule has 0 aromatic carbocycles. The first kappa shape index (κ1) is 30.0. The van der Waals surface area contributed by atoms with Gasteiger partial charge in [-0.2, -0.15) is 0 Å². The van der Waals surface area contributed by atoms with E-state index in [-0.39, 0.29) is 0 Å². The first-order valence-electron chi connectivity index (χ1n) is 12.3. The fourth-order valence-electron chi connectivity index (χ4n) is 3.28. The van der Waals surface area contributed by atoms with Crippen molar-refractivity contribution in [3.05, 3.63) is 0 Å². The van der Waals surface area contributed by atoms with E-state index in [1.165, 1.54) is 96.3 Å². The van der Waals surface area contributed by atoms with Crippen LogP contribution in [0.25, 0.3) is 0 Å². The van der Waals surface area contributed by atoms with Crippen LogP contribution in [0.2, 0.25) is 0 Å². The summed E-state index contributed by atoms with van der Waals surface area (Å²) in [6.07, 6.45) is 23.0. The normalized spacial score (nSPS) is 10.9. The van der Waals surface area contributed by atoms with Gasteiger partial charge in [-0.15, -0.1) is 0 Å². The molecule has 4 nitrogen and oxygen atoms in total. The summed E-state index contributed by atoms with van der Waals surface area (Å²) in [5, 5.41) is 34.4. The zero-order valence-electron chi connectivity index (χ0n) is 18.9. The molecule has 0 spiro atoms. The van der Waals surface area contributed by atoms with Crippen molar-refractivity contribution in [1.82, 2.24) is 0 Å². The Kier molecular flexibility index (Phi) is 31.2. The van der Waals surface area contributed by atoms with Gasteiger partial charge in [-0.25, -0.2) is 0 Å². The van der Waals surface area contributed by atoms with Gasteiger partial charge in [0.2, 0.25) is 0 Å². The predicted molar refractivity (Wildman–Crippen MR) is 120 cm³/mol. The molecular weight excluding hydrogens is 352 g/mol. The molecule has 0 aliphatic rings. The molecule has 4 N–H and O–H groups in total. The molecular formula is C24H52O4. The Morgan fingerprint density at radius 1 is 0.429 bits per heavy atom. The Bertz CT molecular complexity index is 235. The van der Waals surface area contributed by atoms with Gasteiger partial charge in [0.05, 0.1) is 0 Å². The maximum Gasteiger partial charge on any atom is 0.151 e. The van der Waals surface area contributed by atoms with Crippen molar-refractivity contribution in [3.8, 4) is 0 Å². The summed E-state index contributed by atoms with van der Waals surface area (Å²) >= 11 is 0. The third kappa shape index (κ3) is 33.4. The number of hydrogen-bond donors (Lipinski definition) is 4. The van der Waals surface area contributed by atoms with Crippen molar-refractivity contribution in [1.29, 1.82) is 0 Å². The Morgan fingerprint density at radius 3 is 1.00 bits per heavy atom. The highest BCUT2D eigenvalue weighted by Crippen LogP contribution is 2.11. The van der Waals surface area contributed by atoms with Gasteiger partial charge >= 0.3 is 0 Å². The minimum absolute atomic E-state index is 0.348. The van der Waals surface area contributed by atoms with Gasteiger partial charge in [0.25, 0.3) is 0 Å². The fraction of sp³-hybridized carbons (Fsp3) is 1.00. The average molecular weight is 405 g/mol. The van der Waals surface area contributed by atoms with Crippen molar-refractivity contribution in [2.75, 3.05) is 13.2 Å². The average Bonchev–Trinajstić information content (AvgIpc) is 2.68. The molecule has 172 valence electrons. The monoisotopic (exact) mass is 404 g/mol. The number of aliphatic hydroxyl groups is 4. The predicted octanol–water partition coefficient (Wildman–Crippen LogP) is 6.09. The Morgan fingerprint density at radius 2 is 0.714 bits per heavy atom. The summed E-state index contributed by atoms with van der Waals surface area (Å²) in [4.78, 5) is 0. The molecule has 0 saturated carbocycles. The Balaban J connectivity index is 0. The van der Waals surface area contributed by atoms with E-state index in [0.29, 0.717) is 19.6 Å². The second kappa shape index (κ2) is 29.0. The zero-order chi connectivity index (χ0) is 21.1. The molecule has 4 heteroatoms. The Labute approximate surface area is 175 Å².